The predicted molar refractivity (Wildman–Crippen MR) is 67.0 cm³/mol. The summed E-state index contributed by atoms with van der Waals surface area (Å²) in [5, 5.41) is 0.791. The van der Waals surface area contributed by atoms with Gasteiger partial charge in [0.1, 0.15) is 4.47 Å². The van der Waals surface area contributed by atoms with Crippen LogP contribution >= 0.6 is 15.9 Å². The van der Waals surface area contributed by atoms with E-state index in [1.807, 2.05) is 0 Å². The summed E-state index contributed by atoms with van der Waals surface area (Å²) in [4.78, 5) is 11.3. The molecule has 5 heteroatoms. The van der Waals surface area contributed by atoms with E-state index >= 15 is 0 Å². The van der Waals surface area contributed by atoms with Gasteiger partial charge in [-0.25, -0.2) is 0 Å². The van der Waals surface area contributed by atoms with E-state index in [4.69, 9.17) is 13.9 Å². The number of methoxy groups -OCH3 is 2. The summed E-state index contributed by atoms with van der Waals surface area (Å²) in [5.74, 6) is 1.33. The van der Waals surface area contributed by atoms with Crippen LogP contribution in [0.1, 0.15) is 17.5 Å². The number of ketones is 1. The van der Waals surface area contributed by atoms with Crippen molar-refractivity contribution in [1.29, 1.82) is 0 Å². The third kappa shape index (κ3) is 1.91. The molecule has 1 aromatic heterocycles. The lowest BCUT2D eigenvalue weighted by Crippen LogP contribution is -1.91. The van der Waals surface area contributed by atoms with Crippen LogP contribution in [-0.2, 0) is 0 Å². The SMILES string of the molecule is COc1cc2cc(C(C)=O)oc2c(Br)c1OC. The smallest absolute Gasteiger partial charge is 0.194 e. The number of Topliss-reactive ketones (excluding diaryl/α,β-unsaturated/α-hetero) is 1. The molecular weight excluding hydrogens is 288 g/mol. The Hall–Kier alpha value is -1.49. The van der Waals surface area contributed by atoms with Crippen molar-refractivity contribution < 1.29 is 18.7 Å². The Morgan fingerprint density at radius 1 is 1.29 bits per heavy atom. The zero-order chi connectivity index (χ0) is 12.6. The minimum absolute atomic E-state index is 0.119. The molecule has 0 unspecified atom stereocenters. The van der Waals surface area contributed by atoms with E-state index in [0.717, 1.165) is 5.39 Å². The monoisotopic (exact) mass is 298 g/mol. The van der Waals surface area contributed by atoms with Gasteiger partial charge in [-0.2, -0.15) is 0 Å². The van der Waals surface area contributed by atoms with Crippen molar-refractivity contribution >= 4 is 32.7 Å². The van der Waals surface area contributed by atoms with Gasteiger partial charge in [0.05, 0.1) is 14.2 Å². The van der Waals surface area contributed by atoms with Crippen molar-refractivity contribution in [3.8, 4) is 11.5 Å². The number of halogens is 1. The molecule has 0 radical (unpaired) electrons. The van der Waals surface area contributed by atoms with E-state index in [9.17, 15) is 4.79 Å². The standard InChI is InChI=1S/C12H11BrO4/c1-6(14)8-4-7-5-9(15-2)12(16-3)10(13)11(7)17-8/h4-5H,1-3H3. The van der Waals surface area contributed by atoms with Crippen LogP contribution in [0.5, 0.6) is 11.5 Å². The second-order valence-corrected chi connectivity index (χ2v) is 4.30. The number of furan rings is 1. The Balaban J connectivity index is 2.76. The highest BCUT2D eigenvalue weighted by Gasteiger charge is 2.18. The first-order valence-corrected chi connectivity index (χ1v) is 5.72. The molecule has 1 aromatic carbocycles. The third-order valence-electron chi connectivity index (χ3n) is 2.44. The summed E-state index contributed by atoms with van der Waals surface area (Å²) in [6.07, 6.45) is 0. The van der Waals surface area contributed by atoms with Crippen LogP contribution in [-0.4, -0.2) is 20.0 Å². The molecule has 2 aromatic rings. The molecule has 0 aliphatic rings. The summed E-state index contributed by atoms with van der Waals surface area (Å²) in [6.45, 7) is 1.46. The zero-order valence-corrected chi connectivity index (χ0v) is 11.3. The maximum absolute atomic E-state index is 11.3. The molecule has 0 saturated carbocycles. The molecule has 0 bridgehead atoms. The molecule has 2 rings (SSSR count). The maximum atomic E-state index is 11.3. The summed E-state index contributed by atoms with van der Waals surface area (Å²) >= 11 is 3.39. The van der Waals surface area contributed by atoms with Gasteiger partial charge in [-0.1, -0.05) is 0 Å². The van der Waals surface area contributed by atoms with Gasteiger partial charge in [0, 0.05) is 12.3 Å². The molecule has 90 valence electrons. The normalized spacial score (nSPS) is 10.6. The van der Waals surface area contributed by atoms with E-state index < -0.39 is 0 Å². The molecule has 0 spiro atoms. The average Bonchev–Trinajstić information content (AvgIpc) is 2.73. The third-order valence-corrected chi connectivity index (χ3v) is 3.16. The number of carbonyl (C=O) groups excluding carboxylic acids is 1. The van der Waals surface area contributed by atoms with Gasteiger partial charge in [0.15, 0.2) is 28.6 Å². The van der Waals surface area contributed by atoms with E-state index in [1.54, 1.807) is 26.4 Å². The molecule has 0 aliphatic carbocycles. The van der Waals surface area contributed by atoms with Crippen molar-refractivity contribution in [3.63, 3.8) is 0 Å². The zero-order valence-electron chi connectivity index (χ0n) is 9.67. The van der Waals surface area contributed by atoms with Crippen molar-refractivity contribution in [1.82, 2.24) is 0 Å². The minimum atomic E-state index is -0.119. The van der Waals surface area contributed by atoms with Crippen LogP contribution in [0.4, 0.5) is 0 Å². The predicted octanol–water partition coefficient (Wildman–Crippen LogP) is 3.42. The van der Waals surface area contributed by atoms with Gasteiger partial charge >= 0.3 is 0 Å². The quantitative estimate of drug-likeness (QED) is 0.815. The van der Waals surface area contributed by atoms with Crippen LogP contribution in [0.25, 0.3) is 11.0 Å². The second-order valence-electron chi connectivity index (χ2n) is 3.51. The van der Waals surface area contributed by atoms with Crippen LogP contribution in [0, 0.1) is 0 Å². The number of hydrogen-bond acceptors (Lipinski definition) is 4. The van der Waals surface area contributed by atoms with Crippen LogP contribution < -0.4 is 9.47 Å². The van der Waals surface area contributed by atoms with Gasteiger partial charge in [0.25, 0.3) is 0 Å². The maximum Gasteiger partial charge on any atom is 0.194 e. The van der Waals surface area contributed by atoms with E-state index in [2.05, 4.69) is 15.9 Å². The van der Waals surface area contributed by atoms with Crippen molar-refractivity contribution in [2.45, 2.75) is 6.92 Å². The number of carbonyl (C=O) groups is 1. The van der Waals surface area contributed by atoms with Crippen LogP contribution in [0.2, 0.25) is 0 Å². The Morgan fingerprint density at radius 3 is 2.53 bits per heavy atom. The van der Waals surface area contributed by atoms with Gasteiger partial charge in [0.2, 0.25) is 0 Å². The van der Waals surface area contributed by atoms with Gasteiger partial charge in [-0.05, 0) is 28.1 Å². The first kappa shape index (κ1) is 12.0. The highest BCUT2D eigenvalue weighted by molar-refractivity contribution is 9.10. The Bertz CT molecular complexity index is 586. The van der Waals surface area contributed by atoms with Crippen molar-refractivity contribution in [2.24, 2.45) is 0 Å². The molecule has 0 fully saturated rings. The van der Waals surface area contributed by atoms with E-state index in [1.165, 1.54) is 6.92 Å². The van der Waals surface area contributed by atoms with E-state index in [-0.39, 0.29) is 5.78 Å². The summed E-state index contributed by atoms with van der Waals surface area (Å²) in [5.41, 5.74) is 0.577. The highest BCUT2D eigenvalue weighted by Crippen LogP contribution is 2.42. The molecule has 0 saturated heterocycles. The van der Waals surface area contributed by atoms with Crippen molar-refractivity contribution in [2.75, 3.05) is 14.2 Å². The summed E-state index contributed by atoms with van der Waals surface area (Å²) in [6, 6.07) is 3.46. The highest BCUT2D eigenvalue weighted by atomic mass is 79.9. The fraction of sp³-hybridized carbons (Fsp3) is 0.250. The topological polar surface area (TPSA) is 48.7 Å². The van der Waals surface area contributed by atoms with Gasteiger partial charge in [-0.3, -0.25) is 4.79 Å². The summed E-state index contributed by atoms with van der Waals surface area (Å²) in [7, 11) is 3.10. The molecule has 0 amide bonds. The lowest BCUT2D eigenvalue weighted by molar-refractivity contribution is 0.0989. The first-order valence-electron chi connectivity index (χ1n) is 4.93. The molecule has 1 heterocycles. The first-order chi connectivity index (χ1) is 8.08. The lowest BCUT2D eigenvalue weighted by Gasteiger charge is -2.09. The van der Waals surface area contributed by atoms with Gasteiger partial charge < -0.3 is 13.9 Å². The fourth-order valence-electron chi connectivity index (χ4n) is 1.62. The van der Waals surface area contributed by atoms with Crippen LogP contribution in [0.3, 0.4) is 0 Å². The molecule has 0 aliphatic heterocycles. The Labute approximate surface area is 107 Å². The number of rotatable bonds is 3. The Morgan fingerprint density at radius 2 is 2.00 bits per heavy atom. The summed E-state index contributed by atoms with van der Waals surface area (Å²) < 4.78 is 16.6. The Kier molecular flexibility index (Phi) is 3.11. The second kappa shape index (κ2) is 4.41. The number of ether oxygens (including phenoxy) is 2. The molecule has 4 nitrogen and oxygen atoms in total. The van der Waals surface area contributed by atoms with Crippen molar-refractivity contribution in [3.05, 3.63) is 22.4 Å². The van der Waals surface area contributed by atoms with Gasteiger partial charge in [-0.15, -0.1) is 0 Å². The molecule has 17 heavy (non-hydrogen) atoms. The number of benzene rings is 1. The number of fused-ring (bicyclic) bond motifs is 1. The lowest BCUT2D eigenvalue weighted by atomic mass is 10.2. The van der Waals surface area contributed by atoms with E-state index in [0.29, 0.717) is 27.3 Å². The van der Waals surface area contributed by atoms with Crippen LogP contribution in [0.15, 0.2) is 21.0 Å². The number of hydrogen-bond donors (Lipinski definition) is 0. The fourth-order valence-corrected chi connectivity index (χ4v) is 2.28. The largest absolute Gasteiger partial charge is 0.493 e. The minimum Gasteiger partial charge on any atom is -0.493 e. The molecule has 0 N–H and O–H groups in total. The average molecular weight is 299 g/mol. The molecular formula is C12H11BrO4. The molecule has 0 atom stereocenters.